The van der Waals surface area contributed by atoms with Gasteiger partial charge in [0.2, 0.25) is 0 Å². The van der Waals surface area contributed by atoms with Crippen LogP contribution in [0.25, 0.3) is 0 Å². The molecule has 1 aliphatic rings. The van der Waals surface area contributed by atoms with Crippen molar-refractivity contribution in [2.75, 3.05) is 11.5 Å². The fourth-order valence-electron chi connectivity index (χ4n) is 2.08. The maximum atomic E-state index is 11.8. The number of Topliss-reactive ketones (excluding diaryl/α,β-unsaturated/α-hetero) is 1. The molecule has 1 atom stereocenters. The van der Waals surface area contributed by atoms with Gasteiger partial charge in [0, 0.05) is 12.3 Å². The van der Waals surface area contributed by atoms with E-state index in [0.717, 1.165) is 12.8 Å². The van der Waals surface area contributed by atoms with Crippen LogP contribution in [0.15, 0.2) is 0 Å². The van der Waals surface area contributed by atoms with E-state index in [9.17, 15) is 13.2 Å². The van der Waals surface area contributed by atoms with Crippen LogP contribution >= 0.6 is 0 Å². The Morgan fingerprint density at radius 1 is 1.33 bits per heavy atom. The molecule has 0 aliphatic carbocycles. The van der Waals surface area contributed by atoms with E-state index in [-0.39, 0.29) is 23.2 Å². The molecule has 4 heteroatoms. The molecule has 1 saturated heterocycles. The van der Waals surface area contributed by atoms with Gasteiger partial charge in [-0.05, 0) is 12.3 Å². The first-order chi connectivity index (χ1) is 6.98. The van der Waals surface area contributed by atoms with Crippen LogP contribution in [-0.4, -0.2) is 25.7 Å². The van der Waals surface area contributed by atoms with Gasteiger partial charge in [-0.2, -0.15) is 0 Å². The van der Waals surface area contributed by atoms with Crippen LogP contribution in [0.2, 0.25) is 0 Å². The molecule has 1 rings (SSSR count). The summed E-state index contributed by atoms with van der Waals surface area (Å²) in [6, 6.07) is 0. The number of ketones is 1. The lowest BCUT2D eigenvalue weighted by Crippen LogP contribution is -2.18. The first kappa shape index (κ1) is 12.7. The van der Waals surface area contributed by atoms with Crippen molar-refractivity contribution in [2.45, 2.75) is 39.5 Å². The molecule has 0 radical (unpaired) electrons. The molecule has 1 unspecified atom stereocenters. The van der Waals surface area contributed by atoms with Gasteiger partial charge in [0.05, 0.1) is 11.5 Å². The quantitative estimate of drug-likeness (QED) is 0.726. The van der Waals surface area contributed by atoms with Crippen LogP contribution < -0.4 is 0 Å². The van der Waals surface area contributed by atoms with E-state index in [0.29, 0.717) is 18.8 Å². The minimum absolute atomic E-state index is 0.0893. The molecule has 0 amide bonds. The first-order valence-electron chi connectivity index (χ1n) is 5.71. The second-order valence-electron chi connectivity index (χ2n) is 4.45. The number of sulfone groups is 1. The predicted molar refractivity (Wildman–Crippen MR) is 60.5 cm³/mol. The molecular weight excluding hydrogens is 212 g/mol. The summed E-state index contributed by atoms with van der Waals surface area (Å²) >= 11 is 0. The molecule has 0 bridgehead atoms. The Balaban J connectivity index is 2.49. The van der Waals surface area contributed by atoms with E-state index < -0.39 is 9.84 Å². The van der Waals surface area contributed by atoms with Gasteiger partial charge in [-0.15, -0.1) is 0 Å². The third-order valence-corrected chi connectivity index (χ3v) is 5.10. The largest absolute Gasteiger partial charge is 0.299 e. The Hall–Kier alpha value is -0.380. The summed E-state index contributed by atoms with van der Waals surface area (Å²) in [6.07, 6.45) is 3.11. The van der Waals surface area contributed by atoms with E-state index >= 15 is 0 Å². The molecule has 0 spiro atoms. The fourth-order valence-corrected chi connectivity index (χ4v) is 3.85. The van der Waals surface area contributed by atoms with Crippen LogP contribution in [0.3, 0.4) is 0 Å². The Morgan fingerprint density at radius 3 is 2.33 bits per heavy atom. The zero-order valence-corrected chi connectivity index (χ0v) is 10.3. The third kappa shape index (κ3) is 3.59. The van der Waals surface area contributed by atoms with E-state index in [1.54, 1.807) is 0 Å². The van der Waals surface area contributed by atoms with Gasteiger partial charge in [0.1, 0.15) is 5.78 Å². The minimum Gasteiger partial charge on any atom is -0.299 e. The maximum absolute atomic E-state index is 11.8. The lowest BCUT2D eigenvalue weighted by molar-refractivity contribution is -0.123. The Morgan fingerprint density at radius 2 is 1.93 bits per heavy atom. The number of carbonyl (C=O) groups excluding carboxylic acids is 1. The van der Waals surface area contributed by atoms with Crippen molar-refractivity contribution in [1.82, 2.24) is 0 Å². The van der Waals surface area contributed by atoms with E-state index in [4.69, 9.17) is 0 Å². The van der Waals surface area contributed by atoms with Crippen molar-refractivity contribution in [1.29, 1.82) is 0 Å². The zero-order chi connectivity index (χ0) is 11.5. The SMILES string of the molecule is CCC(CC)CC(=O)C1CCS(=O)(=O)C1. The molecule has 88 valence electrons. The van der Waals surface area contributed by atoms with Crippen molar-refractivity contribution >= 4 is 15.6 Å². The predicted octanol–water partition coefficient (Wildman–Crippen LogP) is 1.82. The second kappa shape index (κ2) is 5.10. The second-order valence-corrected chi connectivity index (χ2v) is 6.68. The van der Waals surface area contributed by atoms with Crippen LogP contribution in [0.5, 0.6) is 0 Å². The summed E-state index contributed by atoms with van der Waals surface area (Å²) in [6.45, 7) is 4.15. The van der Waals surface area contributed by atoms with Gasteiger partial charge in [-0.3, -0.25) is 4.79 Å². The third-order valence-electron chi connectivity index (χ3n) is 3.33. The van der Waals surface area contributed by atoms with Crippen LogP contribution in [0.4, 0.5) is 0 Å². The van der Waals surface area contributed by atoms with Crippen molar-refractivity contribution in [3.05, 3.63) is 0 Å². The van der Waals surface area contributed by atoms with Crippen molar-refractivity contribution < 1.29 is 13.2 Å². The molecular formula is C11H20O3S. The molecule has 0 aromatic heterocycles. The maximum Gasteiger partial charge on any atom is 0.151 e. The Bertz CT molecular complexity index is 315. The Labute approximate surface area is 92.2 Å². The first-order valence-corrected chi connectivity index (χ1v) is 7.53. The average Bonchev–Trinajstić information content (AvgIpc) is 2.55. The van der Waals surface area contributed by atoms with E-state index in [1.165, 1.54) is 0 Å². The highest BCUT2D eigenvalue weighted by Crippen LogP contribution is 2.23. The van der Waals surface area contributed by atoms with Crippen molar-refractivity contribution in [3.63, 3.8) is 0 Å². The van der Waals surface area contributed by atoms with Gasteiger partial charge < -0.3 is 0 Å². The lowest BCUT2D eigenvalue weighted by Gasteiger charge is -2.13. The molecule has 1 fully saturated rings. The molecule has 1 aliphatic heterocycles. The zero-order valence-electron chi connectivity index (χ0n) is 9.53. The van der Waals surface area contributed by atoms with Crippen LogP contribution in [-0.2, 0) is 14.6 Å². The van der Waals surface area contributed by atoms with Gasteiger partial charge in [-0.25, -0.2) is 8.42 Å². The molecule has 1 heterocycles. The van der Waals surface area contributed by atoms with Crippen molar-refractivity contribution in [3.8, 4) is 0 Å². The number of rotatable bonds is 5. The standard InChI is InChI=1S/C11H20O3S/c1-3-9(4-2)7-11(12)10-5-6-15(13,14)8-10/h9-10H,3-8H2,1-2H3. The van der Waals surface area contributed by atoms with Gasteiger partial charge in [0.15, 0.2) is 9.84 Å². The highest BCUT2D eigenvalue weighted by Gasteiger charge is 2.33. The van der Waals surface area contributed by atoms with E-state index in [1.807, 2.05) is 0 Å². The van der Waals surface area contributed by atoms with Crippen LogP contribution in [0, 0.1) is 11.8 Å². The highest BCUT2D eigenvalue weighted by atomic mass is 32.2. The molecule has 0 saturated carbocycles. The molecule has 3 nitrogen and oxygen atoms in total. The molecule has 15 heavy (non-hydrogen) atoms. The molecule has 0 aromatic rings. The Kier molecular flexibility index (Phi) is 4.32. The summed E-state index contributed by atoms with van der Waals surface area (Å²) in [7, 11) is -2.91. The summed E-state index contributed by atoms with van der Waals surface area (Å²) in [5.41, 5.74) is 0. The smallest absolute Gasteiger partial charge is 0.151 e. The topological polar surface area (TPSA) is 51.2 Å². The summed E-state index contributed by atoms with van der Waals surface area (Å²) in [5, 5.41) is 0. The van der Waals surface area contributed by atoms with Crippen LogP contribution in [0.1, 0.15) is 39.5 Å². The molecule has 0 N–H and O–H groups in total. The van der Waals surface area contributed by atoms with Gasteiger partial charge in [-0.1, -0.05) is 26.7 Å². The average molecular weight is 232 g/mol. The number of carbonyl (C=O) groups is 1. The van der Waals surface area contributed by atoms with Gasteiger partial charge >= 0.3 is 0 Å². The monoisotopic (exact) mass is 232 g/mol. The summed E-state index contributed by atoms with van der Waals surface area (Å²) in [5.74, 6) is 0.666. The summed E-state index contributed by atoms with van der Waals surface area (Å²) in [4.78, 5) is 11.8. The minimum atomic E-state index is -2.91. The normalized spacial score (nSPS) is 24.6. The summed E-state index contributed by atoms with van der Waals surface area (Å²) < 4.78 is 22.4. The van der Waals surface area contributed by atoms with E-state index in [2.05, 4.69) is 13.8 Å². The number of hydrogen-bond acceptors (Lipinski definition) is 3. The highest BCUT2D eigenvalue weighted by molar-refractivity contribution is 7.91. The lowest BCUT2D eigenvalue weighted by atomic mass is 9.91. The van der Waals surface area contributed by atoms with Crippen molar-refractivity contribution in [2.24, 2.45) is 11.8 Å². The van der Waals surface area contributed by atoms with Gasteiger partial charge in [0.25, 0.3) is 0 Å². The molecule has 0 aromatic carbocycles. The fraction of sp³-hybridized carbons (Fsp3) is 0.909. The number of hydrogen-bond donors (Lipinski definition) is 0.